The highest BCUT2D eigenvalue weighted by Gasteiger charge is 2.33. The van der Waals surface area contributed by atoms with E-state index in [1.54, 1.807) is 0 Å². The third-order valence-electron chi connectivity index (χ3n) is 3.78. The number of nitrogens with two attached hydrogens (primary N) is 1. The van der Waals surface area contributed by atoms with Crippen LogP contribution in [0.15, 0.2) is 12.1 Å². The van der Waals surface area contributed by atoms with Gasteiger partial charge in [-0.15, -0.1) is 0 Å². The third-order valence-corrected chi connectivity index (χ3v) is 3.78. The zero-order valence-corrected chi connectivity index (χ0v) is 11.6. The van der Waals surface area contributed by atoms with Gasteiger partial charge in [0.15, 0.2) is 0 Å². The van der Waals surface area contributed by atoms with Crippen molar-refractivity contribution in [2.45, 2.75) is 38.9 Å². The molecule has 1 fully saturated rings. The molecule has 0 radical (unpaired) electrons. The molecule has 2 N–H and O–H groups in total. The van der Waals surface area contributed by atoms with Crippen LogP contribution in [-0.2, 0) is 12.7 Å². The number of hydrogen-bond acceptors (Lipinski definition) is 3. The van der Waals surface area contributed by atoms with Gasteiger partial charge in [0.25, 0.3) is 0 Å². The van der Waals surface area contributed by atoms with Crippen molar-refractivity contribution in [1.82, 2.24) is 4.98 Å². The Morgan fingerprint density at radius 1 is 1.30 bits per heavy atom. The average molecular weight is 287 g/mol. The molecule has 112 valence electrons. The summed E-state index contributed by atoms with van der Waals surface area (Å²) >= 11 is 0. The summed E-state index contributed by atoms with van der Waals surface area (Å²) in [5.41, 5.74) is 5.46. The third kappa shape index (κ3) is 3.42. The Kier molecular flexibility index (Phi) is 4.52. The molecule has 1 aliphatic rings. The fraction of sp³-hybridized carbons (Fsp3) is 0.643. The molecule has 0 saturated carbocycles. The van der Waals surface area contributed by atoms with E-state index < -0.39 is 11.9 Å². The van der Waals surface area contributed by atoms with Crippen molar-refractivity contribution < 1.29 is 13.2 Å². The van der Waals surface area contributed by atoms with Crippen molar-refractivity contribution in [3.63, 3.8) is 0 Å². The molecule has 1 aliphatic heterocycles. The van der Waals surface area contributed by atoms with Crippen LogP contribution in [0.2, 0.25) is 0 Å². The van der Waals surface area contributed by atoms with Gasteiger partial charge >= 0.3 is 6.18 Å². The molecular formula is C14H20F3N3. The van der Waals surface area contributed by atoms with Gasteiger partial charge in [0.1, 0.15) is 11.5 Å². The molecule has 1 atom stereocenters. The van der Waals surface area contributed by atoms with E-state index in [1.165, 1.54) is 6.07 Å². The normalized spacial score (nSPS) is 20.9. The summed E-state index contributed by atoms with van der Waals surface area (Å²) < 4.78 is 38.4. The van der Waals surface area contributed by atoms with E-state index in [-0.39, 0.29) is 6.54 Å². The molecule has 0 spiro atoms. The summed E-state index contributed by atoms with van der Waals surface area (Å²) in [4.78, 5) is 5.77. The van der Waals surface area contributed by atoms with Gasteiger partial charge in [-0.05, 0) is 31.2 Å². The Morgan fingerprint density at radius 2 is 2.05 bits per heavy atom. The smallest absolute Gasteiger partial charge is 0.356 e. The highest BCUT2D eigenvalue weighted by Crippen LogP contribution is 2.31. The van der Waals surface area contributed by atoms with Crippen LogP contribution in [0.5, 0.6) is 0 Å². The van der Waals surface area contributed by atoms with Crippen molar-refractivity contribution in [2.75, 3.05) is 18.0 Å². The second-order valence-electron chi connectivity index (χ2n) is 5.40. The van der Waals surface area contributed by atoms with Crippen LogP contribution >= 0.6 is 0 Å². The lowest BCUT2D eigenvalue weighted by Crippen LogP contribution is -2.28. The first-order chi connectivity index (χ1) is 9.41. The van der Waals surface area contributed by atoms with E-state index in [0.29, 0.717) is 17.3 Å². The average Bonchev–Trinajstić information content (AvgIpc) is 2.61. The lowest BCUT2D eigenvalue weighted by atomic mass is 10.0. The fourth-order valence-electron chi connectivity index (χ4n) is 2.54. The van der Waals surface area contributed by atoms with Crippen molar-refractivity contribution in [3.05, 3.63) is 23.4 Å². The summed E-state index contributed by atoms with van der Waals surface area (Å²) in [6, 6.07) is 2.45. The van der Waals surface area contributed by atoms with Crippen LogP contribution in [0.25, 0.3) is 0 Å². The van der Waals surface area contributed by atoms with Gasteiger partial charge in [0, 0.05) is 25.2 Å². The van der Waals surface area contributed by atoms with Gasteiger partial charge in [-0.3, -0.25) is 0 Å². The van der Waals surface area contributed by atoms with Crippen molar-refractivity contribution in [1.29, 1.82) is 0 Å². The van der Waals surface area contributed by atoms with E-state index in [1.807, 2.05) is 4.90 Å². The van der Waals surface area contributed by atoms with Crippen molar-refractivity contribution in [2.24, 2.45) is 11.7 Å². The molecule has 0 bridgehead atoms. The molecule has 3 nitrogen and oxygen atoms in total. The number of hydrogen-bond donors (Lipinski definition) is 1. The van der Waals surface area contributed by atoms with Crippen LogP contribution < -0.4 is 10.6 Å². The van der Waals surface area contributed by atoms with Gasteiger partial charge in [-0.1, -0.05) is 13.0 Å². The van der Waals surface area contributed by atoms with E-state index >= 15 is 0 Å². The van der Waals surface area contributed by atoms with Gasteiger partial charge < -0.3 is 10.6 Å². The SMILES string of the molecule is CC1CCCN(c2nc(C(F)(F)F)ccc2CN)CC1. The number of anilines is 1. The molecule has 0 amide bonds. The monoisotopic (exact) mass is 287 g/mol. The minimum atomic E-state index is -4.42. The highest BCUT2D eigenvalue weighted by molar-refractivity contribution is 5.48. The Labute approximate surface area is 117 Å². The van der Waals surface area contributed by atoms with Crippen LogP contribution in [0.4, 0.5) is 19.0 Å². The number of alkyl halides is 3. The molecule has 1 aromatic rings. The topological polar surface area (TPSA) is 42.2 Å². The maximum Gasteiger partial charge on any atom is 0.433 e. The molecule has 2 rings (SSSR count). The maximum absolute atomic E-state index is 12.8. The van der Waals surface area contributed by atoms with Crippen LogP contribution in [0, 0.1) is 5.92 Å². The molecule has 1 unspecified atom stereocenters. The Hall–Kier alpha value is -1.30. The lowest BCUT2D eigenvalue weighted by molar-refractivity contribution is -0.141. The number of halogens is 3. The predicted octanol–water partition coefficient (Wildman–Crippen LogP) is 3.19. The molecule has 1 saturated heterocycles. The minimum absolute atomic E-state index is 0.201. The van der Waals surface area contributed by atoms with E-state index in [2.05, 4.69) is 11.9 Å². The number of rotatable bonds is 2. The number of pyridine rings is 1. The molecule has 0 aromatic carbocycles. The van der Waals surface area contributed by atoms with Crippen molar-refractivity contribution in [3.8, 4) is 0 Å². The zero-order valence-electron chi connectivity index (χ0n) is 11.6. The Morgan fingerprint density at radius 3 is 2.70 bits per heavy atom. The van der Waals surface area contributed by atoms with Crippen LogP contribution in [-0.4, -0.2) is 18.1 Å². The molecule has 2 heterocycles. The van der Waals surface area contributed by atoms with E-state index in [0.717, 1.165) is 38.4 Å². The molecule has 6 heteroatoms. The number of nitrogens with zero attached hydrogens (tertiary/aromatic N) is 2. The molecule has 20 heavy (non-hydrogen) atoms. The maximum atomic E-state index is 12.8. The molecular weight excluding hydrogens is 267 g/mol. The zero-order chi connectivity index (χ0) is 14.8. The van der Waals surface area contributed by atoms with Crippen molar-refractivity contribution >= 4 is 5.82 Å². The summed E-state index contributed by atoms with van der Waals surface area (Å²) in [6.07, 6.45) is -1.36. The first-order valence-corrected chi connectivity index (χ1v) is 6.94. The van der Waals surface area contributed by atoms with Crippen LogP contribution in [0.1, 0.15) is 37.4 Å². The predicted molar refractivity (Wildman–Crippen MR) is 72.4 cm³/mol. The van der Waals surface area contributed by atoms with Gasteiger partial charge in [-0.25, -0.2) is 4.98 Å². The first kappa shape index (κ1) is 15.1. The fourth-order valence-corrected chi connectivity index (χ4v) is 2.54. The van der Waals surface area contributed by atoms with Gasteiger partial charge in [-0.2, -0.15) is 13.2 Å². The Bertz CT molecular complexity index is 459. The standard InChI is InChI=1S/C14H20F3N3/c1-10-3-2-7-20(8-6-10)13-11(9-18)4-5-12(19-13)14(15,16)17/h4-5,10H,2-3,6-9,18H2,1H3. The van der Waals surface area contributed by atoms with E-state index in [9.17, 15) is 13.2 Å². The highest BCUT2D eigenvalue weighted by atomic mass is 19.4. The summed E-state index contributed by atoms with van der Waals surface area (Å²) in [5.74, 6) is 1.00. The summed E-state index contributed by atoms with van der Waals surface area (Å²) in [5, 5.41) is 0. The molecule has 1 aromatic heterocycles. The minimum Gasteiger partial charge on any atom is -0.356 e. The lowest BCUT2D eigenvalue weighted by Gasteiger charge is -2.25. The first-order valence-electron chi connectivity index (χ1n) is 6.94. The number of aromatic nitrogens is 1. The van der Waals surface area contributed by atoms with E-state index in [4.69, 9.17) is 5.73 Å². The quantitative estimate of drug-likeness (QED) is 0.908. The summed E-state index contributed by atoms with van der Waals surface area (Å²) in [7, 11) is 0. The summed E-state index contributed by atoms with van der Waals surface area (Å²) in [6.45, 7) is 3.85. The molecule has 0 aliphatic carbocycles. The van der Waals surface area contributed by atoms with Crippen LogP contribution in [0.3, 0.4) is 0 Å². The van der Waals surface area contributed by atoms with Gasteiger partial charge in [0.05, 0.1) is 0 Å². The second kappa shape index (κ2) is 5.99. The Balaban J connectivity index is 2.32. The second-order valence-corrected chi connectivity index (χ2v) is 5.40. The largest absolute Gasteiger partial charge is 0.433 e. The van der Waals surface area contributed by atoms with Gasteiger partial charge in [0.2, 0.25) is 0 Å².